The van der Waals surface area contributed by atoms with Crippen LogP contribution in [0.25, 0.3) is 22.6 Å². The molecule has 0 atom stereocenters. The Hall–Kier alpha value is -2.82. The molecule has 1 heterocycles. The van der Waals surface area contributed by atoms with Gasteiger partial charge < -0.3 is 14.3 Å². The van der Waals surface area contributed by atoms with Crippen molar-refractivity contribution in [2.24, 2.45) is 0 Å². The van der Waals surface area contributed by atoms with E-state index in [1.807, 2.05) is 24.3 Å². The van der Waals surface area contributed by atoms with Crippen molar-refractivity contribution in [2.75, 3.05) is 6.61 Å². The lowest BCUT2D eigenvalue weighted by molar-refractivity contribution is 0.0697. The van der Waals surface area contributed by atoms with Crippen molar-refractivity contribution < 1.29 is 19.1 Å². The standard InChI is InChI=1S/C24H29NO4/c1-2-3-4-5-6-7-8-9-16-28-20-13-10-18(11-14-20)23-25-21-17-19(24(26)27)12-15-22(21)29-23/h10-15,17H,2-9,16H2,1H3,(H,26,27). The van der Waals surface area contributed by atoms with Crippen LogP contribution in [0.15, 0.2) is 46.9 Å². The molecule has 0 aliphatic rings. The molecule has 0 aliphatic carbocycles. The number of carboxylic acid groups (broad SMARTS) is 1. The highest BCUT2D eigenvalue weighted by molar-refractivity contribution is 5.92. The van der Waals surface area contributed by atoms with Crippen LogP contribution < -0.4 is 4.74 Å². The summed E-state index contributed by atoms with van der Waals surface area (Å²) in [5.41, 5.74) is 2.13. The lowest BCUT2D eigenvalue weighted by Gasteiger charge is -2.06. The Bertz CT molecular complexity index is 914. The second-order valence-electron chi connectivity index (χ2n) is 7.35. The summed E-state index contributed by atoms with van der Waals surface area (Å²) in [7, 11) is 0. The molecule has 3 aromatic rings. The first-order chi connectivity index (χ1) is 14.2. The van der Waals surface area contributed by atoms with E-state index in [0.29, 0.717) is 17.0 Å². The Labute approximate surface area is 171 Å². The molecule has 0 unspecified atom stereocenters. The maximum atomic E-state index is 11.1. The van der Waals surface area contributed by atoms with Crippen LogP contribution in [0.5, 0.6) is 5.75 Å². The average Bonchev–Trinajstić information content (AvgIpc) is 3.16. The zero-order chi connectivity index (χ0) is 20.5. The lowest BCUT2D eigenvalue weighted by Crippen LogP contribution is -1.97. The zero-order valence-electron chi connectivity index (χ0n) is 17.0. The van der Waals surface area contributed by atoms with E-state index >= 15 is 0 Å². The minimum atomic E-state index is -0.977. The predicted octanol–water partition coefficient (Wildman–Crippen LogP) is 6.71. The summed E-state index contributed by atoms with van der Waals surface area (Å²) in [5.74, 6) is 0.326. The van der Waals surface area contributed by atoms with Gasteiger partial charge in [-0.15, -0.1) is 0 Å². The Kier molecular flexibility index (Phi) is 7.68. The van der Waals surface area contributed by atoms with Crippen molar-refractivity contribution in [2.45, 2.75) is 58.3 Å². The molecule has 3 rings (SSSR count). The van der Waals surface area contributed by atoms with Crippen molar-refractivity contribution in [3.05, 3.63) is 48.0 Å². The average molecular weight is 395 g/mol. The number of oxazole rings is 1. The van der Waals surface area contributed by atoms with Gasteiger partial charge in [-0.2, -0.15) is 0 Å². The van der Waals surface area contributed by atoms with Crippen molar-refractivity contribution >= 4 is 17.1 Å². The van der Waals surface area contributed by atoms with Gasteiger partial charge in [-0.25, -0.2) is 9.78 Å². The highest BCUT2D eigenvalue weighted by Gasteiger charge is 2.11. The van der Waals surface area contributed by atoms with Gasteiger partial charge in [0, 0.05) is 5.56 Å². The van der Waals surface area contributed by atoms with Crippen molar-refractivity contribution in [1.82, 2.24) is 4.98 Å². The summed E-state index contributed by atoms with van der Waals surface area (Å²) in [6.07, 6.45) is 10.3. The number of rotatable bonds is 12. The quantitative estimate of drug-likeness (QED) is 0.345. The number of hydrogen-bond donors (Lipinski definition) is 1. The first-order valence-corrected chi connectivity index (χ1v) is 10.5. The van der Waals surface area contributed by atoms with E-state index in [4.69, 9.17) is 14.3 Å². The molecule has 0 bridgehead atoms. The fraction of sp³-hybridized carbons (Fsp3) is 0.417. The molecule has 154 valence electrons. The van der Waals surface area contributed by atoms with E-state index in [2.05, 4.69) is 11.9 Å². The Morgan fingerprint density at radius 1 is 0.966 bits per heavy atom. The van der Waals surface area contributed by atoms with Crippen LogP contribution in [0.1, 0.15) is 68.6 Å². The number of hydrogen-bond acceptors (Lipinski definition) is 4. The SMILES string of the molecule is CCCCCCCCCCOc1ccc(-c2nc3cc(C(=O)O)ccc3o2)cc1. The normalized spacial score (nSPS) is 11.1. The summed E-state index contributed by atoms with van der Waals surface area (Å²) in [5, 5.41) is 9.09. The van der Waals surface area contributed by atoms with Gasteiger partial charge in [0.15, 0.2) is 5.58 Å². The van der Waals surface area contributed by atoms with E-state index < -0.39 is 5.97 Å². The molecule has 2 aromatic carbocycles. The molecule has 1 N–H and O–H groups in total. The highest BCUT2D eigenvalue weighted by atomic mass is 16.5. The number of fused-ring (bicyclic) bond motifs is 1. The molecule has 0 spiro atoms. The monoisotopic (exact) mass is 395 g/mol. The minimum absolute atomic E-state index is 0.196. The molecule has 0 saturated heterocycles. The number of ether oxygens (including phenoxy) is 1. The zero-order valence-corrected chi connectivity index (χ0v) is 17.0. The molecule has 1 aromatic heterocycles. The largest absolute Gasteiger partial charge is 0.494 e. The number of nitrogens with zero attached hydrogens (tertiary/aromatic N) is 1. The van der Waals surface area contributed by atoms with E-state index in [0.717, 1.165) is 24.3 Å². The van der Waals surface area contributed by atoms with Gasteiger partial charge in [0.1, 0.15) is 11.3 Å². The van der Waals surface area contributed by atoms with Crippen LogP contribution in [0.2, 0.25) is 0 Å². The first kappa shape index (κ1) is 20.9. The first-order valence-electron chi connectivity index (χ1n) is 10.5. The molecule has 0 radical (unpaired) electrons. The summed E-state index contributed by atoms with van der Waals surface area (Å²) >= 11 is 0. The van der Waals surface area contributed by atoms with Crippen molar-refractivity contribution in [3.63, 3.8) is 0 Å². The smallest absolute Gasteiger partial charge is 0.335 e. The van der Waals surface area contributed by atoms with Crippen LogP contribution in [-0.2, 0) is 0 Å². The van der Waals surface area contributed by atoms with Gasteiger partial charge in [-0.1, -0.05) is 51.9 Å². The molecule has 0 fully saturated rings. The Morgan fingerprint density at radius 3 is 2.34 bits per heavy atom. The number of carbonyl (C=O) groups is 1. The number of benzene rings is 2. The fourth-order valence-corrected chi connectivity index (χ4v) is 3.30. The van der Waals surface area contributed by atoms with Crippen LogP contribution in [0, 0.1) is 0 Å². The molecule has 29 heavy (non-hydrogen) atoms. The molecule has 5 heteroatoms. The van der Waals surface area contributed by atoms with Gasteiger partial charge in [-0.3, -0.25) is 0 Å². The summed E-state index contributed by atoms with van der Waals surface area (Å²) in [4.78, 5) is 15.5. The van der Waals surface area contributed by atoms with Gasteiger partial charge in [0.05, 0.1) is 12.2 Å². The van der Waals surface area contributed by atoms with Crippen LogP contribution in [0.3, 0.4) is 0 Å². The van der Waals surface area contributed by atoms with Crippen LogP contribution in [0.4, 0.5) is 0 Å². The summed E-state index contributed by atoms with van der Waals surface area (Å²) in [6, 6.07) is 12.3. The maximum absolute atomic E-state index is 11.1. The van der Waals surface area contributed by atoms with Crippen molar-refractivity contribution in [3.8, 4) is 17.2 Å². The van der Waals surface area contributed by atoms with Crippen LogP contribution >= 0.6 is 0 Å². The molecule has 0 aliphatic heterocycles. The van der Waals surface area contributed by atoms with Gasteiger partial charge in [-0.05, 0) is 48.9 Å². The topological polar surface area (TPSA) is 72.6 Å². The molecule has 0 amide bonds. The third-order valence-electron chi connectivity index (χ3n) is 5.00. The van der Waals surface area contributed by atoms with Gasteiger partial charge in [0.25, 0.3) is 0 Å². The Balaban J connectivity index is 1.46. The minimum Gasteiger partial charge on any atom is -0.494 e. The van der Waals surface area contributed by atoms with Crippen LogP contribution in [-0.4, -0.2) is 22.7 Å². The second kappa shape index (κ2) is 10.6. The fourth-order valence-electron chi connectivity index (χ4n) is 3.30. The highest BCUT2D eigenvalue weighted by Crippen LogP contribution is 2.26. The summed E-state index contributed by atoms with van der Waals surface area (Å²) in [6.45, 7) is 2.98. The maximum Gasteiger partial charge on any atom is 0.335 e. The molecular formula is C24H29NO4. The van der Waals surface area contributed by atoms with Gasteiger partial charge in [0.2, 0.25) is 5.89 Å². The molecule has 0 saturated carbocycles. The third kappa shape index (κ3) is 6.08. The van der Waals surface area contributed by atoms with Gasteiger partial charge >= 0.3 is 5.97 Å². The Morgan fingerprint density at radius 2 is 1.66 bits per heavy atom. The lowest BCUT2D eigenvalue weighted by atomic mass is 10.1. The van der Waals surface area contributed by atoms with Crippen molar-refractivity contribution in [1.29, 1.82) is 0 Å². The van der Waals surface area contributed by atoms with E-state index in [1.165, 1.54) is 57.1 Å². The predicted molar refractivity (Wildman–Crippen MR) is 115 cm³/mol. The molecular weight excluding hydrogens is 366 g/mol. The molecule has 5 nitrogen and oxygen atoms in total. The second-order valence-corrected chi connectivity index (χ2v) is 7.35. The van der Waals surface area contributed by atoms with E-state index in [1.54, 1.807) is 6.07 Å². The number of unbranched alkanes of at least 4 members (excludes halogenated alkanes) is 7. The third-order valence-corrected chi connectivity index (χ3v) is 5.00. The summed E-state index contributed by atoms with van der Waals surface area (Å²) < 4.78 is 11.6. The number of aromatic nitrogens is 1. The number of aromatic carboxylic acids is 1. The van der Waals surface area contributed by atoms with E-state index in [-0.39, 0.29) is 5.56 Å². The van der Waals surface area contributed by atoms with E-state index in [9.17, 15) is 4.79 Å². The number of carboxylic acids is 1.